The molecule has 3 N–H and O–H groups in total. The Labute approximate surface area is 198 Å². The molecule has 170 valence electrons. The second-order valence-electron chi connectivity index (χ2n) is 7.44. The Balaban J connectivity index is 1.41. The minimum atomic E-state index is -0.354. The van der Waals surface area contributed by atoms with Gasteiger partial charge >= 0.3 is 0 Å². The van der Waals surface area contributed by atoms with Crippen molar-refractivity contribution < 1.29 is 9.53 Å². The van der Waals surface area contributed by atoms with Crippen molar-refractivity contribution in [3.05, 3.63) is 77.2 Å². The quantitative estimate of drug-likeness (QED) is 0.331. The minimum absolute atomic E-state index is 0.351. The number of carbonyl (C=O) groups excluding carboxylic acids is 1. The van der Waals surface area contributed by atoms with Crippen LogP contribution in [0.4, 0.5) is 17.3 Å². The molecule has 3 heterocycles. The van der Waals surface area contributed by atoms with Gasteiger partial charge in [0.1, 0.15) is 5.75 Å². The molecular formula is C23H19ClN8O2. The normalized spacial score (nSPS) is 10.9. The van der Waals surface area contributed by atoms with Gasteiger partial charge in [0.15, 0.2) is 11.6 Å². The number of amides is 1. The van der Waals surface area contributed by atoms with Gasteiger partial charge in [-0.2, -0.15) is 10.2 Å². The molecule has 0 bridgehead atoms. The monoisotopic (exact) mass is 474 g/mol. The number of hydrogen-bond donors (Lipinski definition) is 3. The number of nitrogens with zero attached hydrogens (tertiary/aromatic N) is 5. The summed E-state index contributed by atoms with van der Waals surface area (Å²) in [7, 11) is 1.51. The number of ether oxygens (including phenoxy) is 1. The van der Waals surface area contributed by atoms with Gasteiger partial charge in [-0.05, 0) is 43.3 Å². The van der Waals surface area contributed by atoms with Gasteiger partial charge in [0, 0.05) is 29.4 Å². The Hall–Kier alpha value is -4.44. The van der Waals surface area contributed by atoms with E-state index in [0.717, 1.165) is 27.8 Å². The highest BCUT2D eigenvalue weighted by atomic mass is 35.5. The summed E-state index contributed by atoms with van der Waals surface area (Å²) in [6.07, 6.45) is 5.09. The van der Waals surface area contributed by atoms with E-state index in [-0.39, 0.29) is 5.91 Å². The summed E-state index contributed by atoms with van der Waals surface area (Å²) in [6.45, 7) is 1.94. The highest BCUT2D eigenvalue weighted by Crippen LogP contribution is 2.33. The molecule has 0 atom stereocenters. The maximum Gasteiger partial charge on any atom is 0.260 e. The van der Waals surface area contributed by atoms with E-state index in [1.165, 1.54) is 13.3 Å². The van der Waals surface area contributed by atoms with Gasteiger partial charge in [-0.1, -0.05) is 11.6 Å². The van der Waals surface area contributed by atoms with Gasteiger partial charge in [-0.25, -0.2) is 4.68 Å². The van der Waals surface area contributed by atoms with E-state index in [2.05, 4.69) is 36.1 Å². The molecule has 5 rings (SSSR count). The lowest BCUT2D eigenvalue weighted by atomic mass is 10.1. The lowest BCUT2D eigenvalue weighted by Gasteiger charge is -2.11. The third kappa shape index (κ3) is 4.02. The smallest absolute Gasteiger partial charge is 0.260 e. The minimum Gasteiger partial charge on any atom is -0.496 e. The molecule has 0 aliphatic heterocycles. The average molecular weight is 475 g/mol. The van der Waals surface area contributed by atoms with Crippen LogP contribution in [-0.4, -0.2) is 43.2 Å². The van der Waals surface area contributed by atoms with Crippen molar-refractivity contribution >= 4 is 45.7 Å². The summed E-state index contributed by atoms with van der Waals surface area (Å²) < 4.78 is 7.17. The predicted molar refractivity (Wildman–Crippen MR) is 129 cm³/mol. The number of aryl methyl sites for hydroxylation is 1. The molecule has 0 spiro atoms. The summed E-state index contributed by atoms with van der Waals surface area (Å²) in [5, 5.41) is 26.6. The third-order valence-electron chi connectivity index (χ3n) is 5.22. The second-order valence-corrected chi connectivity index (χ2v) is 7.81. The number of methoxy groups -OCH3 is 1. The van der Waals surface area contributed by atoms with E-state index in [0.29, 0.717) is 28.0 Å². The fourth-order valence-corrected chi connectivity index (χ4v) is 3.75. The lowest BCUT2D eigenvalue weighted by Crippen LogP contribution is -2.14. The molecule has 34 heavy (non-hydrogen) atoms. The molecule has 0 aliphatic carbocycles. The maximum atomic E-state index is 12.7. The van der Waals surface area contributed by atoms with Crippen molar-refractivity contribution in [1.29, 1.82) is 0 Å². The number of anilines is 3. The molecule has 3 aromatic heterocycles. The van der Waals surface area contributed by atoms with E-state index in [9.17, 15) is 4.79 Å². The fraction of sp³-hybridized carbons (Fsp3) is 0.0870. The first-order valence-corrected chi connectivity index (χ1v) is 10.6. The van der Waals surface area contributed by atoms with Gasteiger partial charge in [-0.15, -0.1) is 10.2 Å². The molecule has 0 unspecified atom stereocenters. The van der Waals surface area contributed by atoms with Crippen LogP contribution in [0.15, 0.2) is 61.1 Å². The zero-order valence-corrected chi connectivity index (χ0v) is 19.0. The molecule has 0 fully saturated rings. The first-order valence-electron chi connectivity index (χ1n) is 10.3. The van der Waals surface area contributed by atoms with Crippen molar-refractivity contribution in [1.82, 2.24) is 30.2 Å². The van der Waals surface area contributed by atoms with Gasteiger partial charge < -0.3 is 15.4 Å². The number of carbonyl (C=O) groups is 1. The van der Waals surface area contributed by atoms with Gasteiger partial charge in [0.2, 0.25) is 0 Å². The van der Waals surface area contributed by atoms with Crippen LogP contribution in [0.5, 0.6) is 5.75 Å². The number of halogens is 1. The predicted octanol–water partition coefficient (Wildman–Crippen LogP) is 4.50. The molecule has 0 aliphatic rings. The summed E-state index contributed by atoms with van der Waals surface area (Å²) in [6, 6.07) is 12.3. The SMILES string of the molecule is COc1cc(-n2cc(C)c(Nc3ccc4[nH]ncc4c3Cl)n2)ccc1C(=O)Nc1cccnn1. The first-order chi connectivity index (χ1) is 16.5. The Morgan fingerprint density at radius 2 is 2.09 bits per heavy atom. The number of fused-ring (bicyclic) bond motifs is 1. The Morgan fingerprint density at radius 3 is 2.88 bits per heavy atom. The van der Waals surface area contributed by atoms with E-state index < -0.39 is 0 Å². The van der Waals surface area contributed by atoms with E-state index >= 15 is 0 Å². The summed E-state index contributed by atoms with van der Waals surface area (Å²) in [5.74, 6) is 1.04. The number of nitrogens with one attached hydrogen (secondary N) is 3. The Morgan fingerprint density at radius 1 is 1.21 bits per heavy atom. The molecule has 0 saturated heterocycles. The zero-order valence-electron chi connectivity index (χ0n) is 18.2. The first kappa shape index (κ1) is 21.4. The van der Waals surface area contributed by atoms with Crippen molar-refractivity contribution in [3.63, 3.8) is 0 Å². The van der Waals surface area contributed by atoms with Crippen LogP contribution in [0.2, 0.25) is 5.02 Å². The number of H-pyrrole nitrogens is 1. The van der Waals surface area contributed by atoms with Gasteiger partial charge in [0.05, 0.1) is 40.8 Å². The van der Waals surface area contributed by atoms with Crippen LogP contribution in [-0.2, 0) is 0 Å². The highest BCUT2D eigenvalue weighted by Gasteiger charge is 2.16. The highest BCUT2D eigenvalue weighted by molar-refractivity contribution is 6.38. The van der Waals surface area contributed by atoms with Gasteiger partial charge in [-0.3, -0.25) is 9.89 Å². The average Bonchev–Trinajstić information content (AvgIpc) is 3.48. The fourth-order valence-electron chi connectivity index (χ4n) is 3.48. The third-order valence-corrected chi connectivity index (χ3v) is 5.62. The number of rotatable bonds is 6. The largest absolute Gasteiger partial charge is 0.496 e. The molecule has 0 radical (unpaired) electrons. The van der Waals surface area contributed by atoms with Crippen LogP contribution >= 0.6 is 11.6 Å². The number of benzene rings is 2. The molecule has 2 aromatic carbocycles. The lowest BCUT2D eigenvalue weighted by molar-refractivity contribution is 0.102. The summed E-state index contributed by atoms with van der Waals surface area (Å²) in [4.78, 5) is 12.7. The van der Waals surface area contributed by atoms with E-state index in [1.54, 1.807) is 41.2 Å². The summed E-state index contributed by atoms with van der Waals surface area (Å²) in [5.41, 5.74) is 3.57. The molecule has 10 nitrogen and oxygen atoms in total. The van der Waals surface area contributed by atoms with Crippen molar-refractivity contribution in [2.75, 3.05) is 17.7 Å². The molecule has 1 amide bonds. The maximum absolute atomic E-state index is 12.7. The van der Waals surface area contributed by atoms with Crippen LogP contribution in [0, 0.1) is 6.92 Å². The summed E-state index contributed by atoms with van der Waals surface area (Å²) >= 11 is 6.53. The molecule has 0 saturated carbocycles. The molecule has 11 heteroatoms. The zero-order chi connectivity index (χ0) is 23.7. The number of aromatic nitrogens is 6. The molecular weight excluding hydrogens is 456 g/mol. The van der Waals surface area contributed by atoms with E-state index in [1.807, 2.05) is 25.3 Å². The van der Waals surface area contributed by atoms with E-state index in [4.69, 9.17) is 16.3 Å². The van der Waals surface area contributed by atoms with Crippen LogP contribution < -0.4 is 15.4 Å². The van der Waals surface area contributed by atoms with Crippen molar-refractivity contribution in [3.8, 4) is 11.4 Å². The van der Waals surface area contributed by atoms with Crippen LogP contribution in [0.25, 0.3) is 16.6 Å². The number of hydrogen-bond acceptors (Lipinski definition) is 7. The van der Waals surface area contributed by atoms with Crippen molar-refractivity contribution in [2.45, 2.75) is 6.92 Å². The topological polar surface area (TPSA) is 123 Å². The Kier molecular flexibility index (Phi) is 5.56. The van der Waals surface area contributed by atoms with Crippen molar-refractivity contribution in [2.24, 2.45) is 0 Å². The Bertz CT molecular complexity index is 1500. The van der Waals surface area contributed by atoms with Gasteiger partial charge in [0.25, 0.3) is 5.91 Å². The second kappa shape index (κ2) is 8.83. The van der Waals surface area contributed by atoms with Crippen LogP contribution in [0.3, 0.4) is 0 Å². The standard InChI is InChI=1S/C23H19ClN8O2/c1-13-12-32(31-22(13)27-18-8-7-17-16(21(18)24)11-26-29-17)14-5-6-15(19(10-14)34-2)23(33)28-20-4-3-9-25-30-20/h3-12H,1-2H3,(H,26,29)(H,27,31)(H,28,30,33). The van der Waals surface area contributed by atoms with Crippen LogP contribution in [0.1, 0.15) is 15.9 Å². The number of aromatic amines is 1. The molecule has 5 aromatic rings.